The third-order valence-corrected chi connectivity index (χ3v) is 5.54. The Hall–Kier alpha value is -2.94. The summed E-state index contributed by atoms with van der Waals surface area (Å²) in [5, 5.41) is 14.5. The van der Waals surface area contributed by atoms with Crippen molar-refractivity contribution in [3.8, 4) is 0 Å². The van der Waals surface area contributed by atoms with Crippen LogP contribution in [0.5, 0.6) is 0 Å². The molecule has 4 rings (SSSR count). The van der Waals surface area contributed by atoms with Crippen molar-refractivity contribution in [3.05, 3.63) is 41.7 Å². The van der Waals surface area contributed by atoms with Crippen molar-refractivity contribution in [2.75, 3.05) is 44.6 Å². The number of aryl methyl sites for hydroxylation is 1. The lowest BCUT2D eigenvalue weighted by Crippen LogP contribution is -2.51. The molecule has 1 aromatic carbocycles. The quantitative estimate of drug-likeness (QED) is 0.818. The lowest BCUT2D eigenvalue weighted by molar-refractivity contribution is 0.0665. The zero-order chi connectivity index (χ0) is 20.2. The fraction of sp³-hybridized carbons (Fsp3) is 0.500. The number of aromatic nitrogens is 3. The van der Waals surface area contributed by atoms with Crippen molar-refractivity contribution in [1.82, 2.24) is 30.1 Å². The van der Waals surface area contributed by atoms with Gasteiger partial charge in [0, 0.05) is 31.9 Å². The third kappa shape index (κ3) is 4.56. The summed E-state index contributed by atoms with van der Waals surface area (Å²) in [5.41, 5.74) is 2.25. The summed E-state index contributed by atoms with van der Waals surface area (Å²) in [7, 11) is 0. The number of nitrogens with zero attached hydrogens (tertiary/aromatic N) is 5. The second-order valence-corrected chi connectivity index (χ2v) is 7.64. The van der Waals surface area contributed by atoms with E-state index in [1.165, 1.54) is 0 Å². The van der Waals surface area contributed by atoms with Gasteiger partial charge in [0.25, 0.3) is 5.91 Å². The van der Waals surface area contributed by atoms with Crippen LogP contribution in [-0.2, 0) is 0 Å². The normalized spacial score (nSPS) is 18.0. The Bertz CT molecular complexity index is 867. The van der Waals surface area contributed by atoms with E-state index >= 15 is 0 Å². The fourth-order valence-electron chi connectivity index (χ4n) is 3.82. The Labute approximate surface area is 170 Å². The number of carbonyl (C=O) groups excluding carboxylic acids is 2. The molecule has 0 saturated carbocycles. The van der Waals surface area contributed by atoms with Crippen molar-refractivity contribution in [3.63, 3.8) is 0 Å². The molecule has 2 fully saturated rings. The lowest BCUT2D eigenvalue weighted by atomic mass is 10.1. The highest BCUT2D eigenvalue weighted by atomic mass is 16.2. The van der Waals surface area contributed by atoms with Gasteiger partial charge >= 0.3 is 6.03 Å². The van der Waals surface area contributed by atoms with Crippen LogP contribution in [0.3, 0.4) is 0 Å². The molecule has 29 heavy (non-hydrogen) atoms. The van der Waals surface area contributed by atoms with E-state index in [9.17, 15) is 9.59 Å². The molecule has 2 N–H and O–H groups in total. The summed E-state index contributed by atoms with van der Waals surface area (Å²) in [6, 6.07) is 7.87. The smallest absolute Gasteiger partial charge is 0.321 e. The number of nitrogens with one attached hydrogen (secondary N) is 2. The minimum atomic E-state index is -0.139. The van der Waals surface area contributed by atoms with Crippen LogP contribution in [0.2, 0.25) is 0 Å². The predicted molar refractivity (Wildman–Crippen MR) is 109 cm³/mol. The molecule has 1 aromatic heterocycles. The summed E-state index contributed by atoms with van der Waals surface area (Å²) in [5.74, 6) is -0.121. The molecular weight excluding hydrogens is 370 g/mol. The molecule has 0 atom stereocenters. The van der Waals surface area contributed by atoms with Crippen LogP contribution in [0.25, 0.3) is 0 Å². The second-order valence-electron chi connectivity index (χ2n) is 7.64. The molecule has 0 radical (unpaired) electrons. The van der Waals surface area contributed by atoms with Crippen LogP contribution in [0.15, 0.2) is 30.5 Å². The van der Waals surface area contributed by atoms with E-state index in [1.807, 2.05) is 35.9 Å². The van der Waals surface area contributed by atoms with Gasteiger partial charge in [-0.1, -0.05) is 17.3 Å². The monoisotopic (exact) mass is 397 g/mol. The molecule has 0 spiro atoms. The Kier molecular flexibility index (Phi) is 5.75. The number of piperazine rings is 1. The maximum Gasteiger partial charge on any atom is 0.321 e. The third-order valence-electron chi connectivity index (χ3n) is 5.54. The first-order valence-electron chi connectivity index (χ1n) is 10.1. The summed E-state index contributed by atoms with van der Waals surface area (Å²) < 4.78 is 1.82. The molecule has 154 valence electrons. The highest BCUT2D eigenvalue weighted by molar-refractivity contribution is 5.92. The molecular formula is C20H27N7O2. The molecule has 0 aliphatic carbocycles. The van der Waals surface area contributed by atoms with Crippen molar-refractivity contribution < 1.29 is 9.59 Å². The van der Waals surface area contributed by atoms with E-state index in [0.29, 0.717) is 37.9 Å². The number of rotatable bonds is 3. The minimum absolute atomic E-state index is 0.121. The number of hydrogen-bond acceptors (Lipinski definition) is 5. The minimum Gasteiger partial charge on any atom is -0.334 e. The molecule has 3 heterocycles. The number of benzene rings is 1. The molecule has 0 unspecified atom stereocenters. The fourth-order valence-corrected chi connectivity index (χ4v) is 3.82. The number of anilines is 1. The van der Waals surface area contributed by atoms with Crippen molar-refractivity contribution in [2.24, 2.45) is 0 Å². The van der Waals surface area contributed by atoms with Gasteiger partial charge in [-0.2, -0.15) is 0 Å². The molecule has 9 nitrogen and oxygen atoms in total. The van der Waals surface area contributed by atoms with Gasteiger partial charge in [0.1, 0.15) is 0 Å². The summed E-state index contributed by atoms with van der Waals surface area (Å²) >= 11 is 0. The van der Waals surface area contributed by atoms with Crippen molar-refractivity contribution >= 4 is 17.6 Å². The van der Waals surface area contributed by atoms with E-state index in [2.05, 4.69) is 20.9 Å². The van der Waals surface area contributed by atoms with Crippen LogP contribution < -0.4 is 10.6 Å². The zero-order valence-corrected chi connectivity index (χ0v) is 16.7. The first-order chi connectivity index (χ1) is 14.1. The number of amides is 3. The number of piperidine rings is 1. The first-order valence-corrected chi connectivity index (χ1v) is 10.1. The van der Waals surface area contributed by atoms with Crippen LogP contribution >= 0.6 is 0 Å². The Morgan fingerprint density at radius 1 is 1.10 bits per heavy atom. The number of carbonyl (C=O) groups is 2. The number of urea groups is 1. The molecule has 2 aromatic rings. The van der Waals surface area contributed by atoms with Gasteiger partial charge in [0.05, 0.1) is 12.2 Å². The molecule has 9 heteroatoms. The molecule has 0 bridgehead atoms. The second kappa shape index (κ2) is 8.60. The summed E-state index contributed by atoms with van der Waals surface area (Å²) in [6.07, 6.45) is 3.74. The average Bonchev–Trinajstić information content (AvgIpc) is 3.24. The highest BCUT2D eigenvalue weighted by Gasteiger charge is 2.27. The molecule has 2 aliphatic rings. The predicted octanol–water partition coefficient (Wildman–Crippen LogP) is 1.50. The van der Waals surface area contributed by atoms with Gasteiger partial charge in [-0.05, 0) is 50.6 Å². The Morgan fingerprint density at radius 2 is 1.83 bits per heavy atom. The maximum atomic E-state index is 12.8. The summed E-state index contributed by atoms with van der Waals surface area (Å²) in [6.45, 7) is 5.86. The van der Waals surface area contributed by atoms with Crippen LogP contribution in [0.1, 0.15) is 34.9 Å². The standard InChI is InChI=1S/C20H27N7O2/c1-15-3-2-4-16(13-15)22-20(29)26-11-9-25(10-12-26)19(28)18-14-27(24-23-18)17-5-7-21-8-6-17/h2-4,13-14,17,21H,5-12H2,1H3,(H,22,29). The van der Waals surface area contributed by atoms with Gasteiger partial charge in [-0.25, -0.2) is 9.48 Å². The maximum absolute atomic E-state index is 12.8. The largest absolute Gasteiger partial charge is 0.334 e. The Morgan fingerprint density at radius 3 is 2.55 bits per heavy atom. The van der Waals surface area contributed by atoms with E-state index < -0.39 is 0 Å². The van der Waals surface area contributed by atoms with E-state index in [1.54, 1.807) is 16.0 Å². The first kappa shape index (κ1) is 19.4. The molecule has 3 amide bonds. The van der Waals surface area contributed by atoms with Gasteiger partial charge < -0.3 is 20.4 Å². The van der Waals surface area contributed by atoms with Gasteiger partial charge in [-0.3, -0.25) is 4.79 Å². The van der Waals surface area contributed by atoms with Crippen LogP contribution in [0.4, 0.5) is 10.5 Å². The zero-order valence-electron chi connectivity index (χ0n) is 16.7. The number of hydrogen-bond donors (Lipinski definition) is 2. The topological polar surface area (TPSA) is 95.4 Å². The Balaban J connectivity index is 1.30. The van der Waals surface area contributed by atoms with Crippen LogP contribution in [-0.4, -0.2) is 76.0 Å². The van der Waals surface area contributed by atoms with Crippen LogP contribution in [0, 0.1) is 6.92 Å². The highest BCUT2D eigenvalue weighted by Crippen LogP contribution is 2.18. The van der Waals surface area contributed by atoms with E-state index in [0.717, 1.165) is 37.2 Å². The SMILES string of the molecule is Cc1cccc(NC(=O)N2CCN(C(=O)c3cn(C4CCNCC4)nn3)CC2)c1. The summed E-state index contributed by atoms with van der Waals surface area (Å²) in [4.78, 5) is 28.7. The molecule has 2 aliphatic heterocycles. The van der Waals surface area contributed by atoms with E-state index in [4.69, 9.17) is 0 Å². The molecule has 2 saturated heterocycles. The lowest BCUT2D eigenvalue weighted by Gasteiger charge is -2.34. The average molecular weight is 397 g/mol. The van der Waals surface area contributed by atoms with Gasteiger partial charge in [0.15, 0.2) is 5.69 Å². The van der Waals surface area contributed by atoms with Gasteiger partial charge in [-0.15, -0.1) is 5.10 Å². The van der Waals surface area contributed by atoms with Gasteiger partial charge in [0.2, 0.25) is 0 Å². The van der Waals surface area contributed by atoms with Crippen molar-refractivity contribution in [2.45, 2.75) is 25.8 Å². The van der Waals surface area contributed by atoms with Crippen molar-refractivity contribution in [1.29, 1.82) is 0 Å². The van der Waals surface area contributed by atoms with E-state index in [-0.39, 0.29) is 11.9 Å².